The summed E-state index contributed by atoms with van der Waals surface area (Å²) in [6, 6.07) is 9.08. The zero-order chi connectivity index (χ0) is 32.5. The molecule has 0 heterocycles. The van der Waals surface area contributed by atoms with Gasteiger partial charge in [0.2, 0.25) is 11.8 Å². The molecule has 9 heteroatoms. The van der Waals surface area contributed by atoms with E-state index in [1.807, 2.05) is 63.2 Å². The number of nitrogens with zero attached hydrogens (tertiary/aromatic N) is 3. The standard InChI is InChI=1S/C35H56N4O5/c1-27(2)24-31(40)35(44)30(25-28-14-8-6-9-15-28)36-32(41)18-12-13-21-39(26-29-16-10-7-11-17-29)34(43)20-19-33(42)38(5)23-22-37(3)4/h7,10-11,16-17,27-28,30-31,35,40,44H,6,8-9,13-15,19-26H2,1-5H3,(H,36,41)/t30-,31+,35-/m1/s1. The van der Waals surface area contributed by atoms with Gasteiger partial charge in [-0.1, -0.05) is 82.2 Å². The highest BCUT2D eigenvalue weighted by molar-refractivity contribution is 5.93. The molecule has 0 saturated heterocycles. The molecule has 0 radical (unpaired) electrons. The molecule has 1 saturated carbocycles. The topological polar surface area (TPSA) is 113 Å². The lowest BCUT2D eigenvalue weighted by atomic mass is 9.82. The van der Waals surface area contributed by atoms with Crippen LogP contribution in [0, 0.1) is 23.7 Å². The van der Waals surface area contributed by atoms with Gasteiger partial charge in [0.15, 0.2) is 0 Å². The lowest BCUT2D eigenvalue weighted by Crippen LogP contribution is -2.49. The van der Waals surface area contributed by atoms with E-state index < -0.39 is 24.2 Å². The van der Waals surface area contributed by atoms with Gasteiger partial charge in [0, 0.05) is 52.5 Å². The normalized spacial score (nSPS) is 15.7. The van der Waals surface area contributed by atoms with Crippen molar-refractivity contribution in [3.63, 3.8) is 0 Å². The molecule has 3 amide bonds. The van der Waals surface area contributed by atoms with Crippen LogP contribution in [0.15, 0.2) is 30.3 Å². The highest BCUT2D eigenvalue weighted by Gasteiger charge is 2.30. The number of amides is 3. The van der Waals surface area contributed by atoms with Crippen LogP contribution < -0.4 is 5.32 Å². The molecule has 1 aliphatic carbocycles. The fraction of sp³-hybridized carbons (Fsp3) is 0.686. The van der Waals surface area contributed by atoms with Gasteiger partial charge in [0.05, 0.1) is 12.1 Å². The molecule has 0 aliphatic heterocycles. The van der Waals surface area contributed by atoms with E-state index >= 15 is 0 Å². The van der Waals surface area contributed by atoms with Crippen LogP contribution >= 0.6 is 0 Å². The Morgan fingerprint density at radius 1 is 0.932 bits per heavy atom. The summed E-state index contributed by atoms with van der Waals surface area (Å²) < 4.78 is 0. The van der Waals surface area contributed by atoms with Crippen LogP contribution in [0.1, 0.15) is 83.6 Å². The van der Waals surface area contributed by atoms with Crippen LogP contribution in [0.25, 0.3) is 0 Å². The molecule has 0 aromatic heterocycles. The minimum Gasteiger partial charge on any atom is -0.390 e. The average Bonchev–Trinajstić information content (AvgIpc) is 2.99. The first-order valence-corrected chi connectivity index (χ1v) is 16.3. The van der Waals surface area contributed by atoms with Gasteiger partial charge in [0.25, 0.3) is 5.91 Å². The highest BCUT2D eigenvalue weighted by Crippen LogP contribution is 2.29. The average molecular weight is 613 g/mol. The van der Waals surface area contributed by atoms with Crippen molar-refractivity contribution in [3.8, 4) is 11.8 Å². The van der Waals surface area contributed by atoms with Crippen LogP contribution in [0.5, 0.6) is 0 Å². The summed E-state index contributed by atoms with van der Waals surface area (Å²) in [4.78, 5) is 43.9. The maximum Gasteiger partial charge on any atom is 0.296 e. The Hall–Kier alpha value is -2.93. The molecule has 246 valence electrons. The number of nitrogens with one attached hydrogen (secondary N) is 1. The van der Waals surface area contributed by atoms with Gasteiger partial charge in [-0.25, -0.2) is 0 Å². The van der Waals surface area contributed by atoms with Crippen molar-refractivity contribution < 1.29 is 24.6 Å². The van der Waals surface area contributed by atoms with Gasteiger partial charge in [-0.3, -0.25) is 14.4 Å². The molecule has 9 nitrogen and oxygen atoms in total. The molecule has 2 rings (SSSR count). The van der Waals surface area contributed by atoms with Crippen LogP contribution in [0.3, 0.4) is 0 Å². The number of carbonyl (C=O) groups is 3. The van der Waals surface area contributed by atoms with E-state index in [0.29, 0.717) is 38.4 Å². The van der Waals surface area contributed by atoms with Gasteiger partial charge in [-0.2, -0.15) is 0 Å². The number of carbonyl (C=O) groups excluding carboxylic acids is 3. The number of aliphatic hydroxyl groups excluding tert-OH is 2. The Bertz CT molecular complexity index is 1060. The maximum absolute atomic E-state index is 13.2. The van der Waals surface area contributed by atoms with Crippen molar-refractivity contribution in [3.05, 3.63) is 35.9 Å². The van der Waals surface area contributed by atoms with Gasteiger partial charge in [-0.15, -0.1) is 0 Å². The number of rotatable bonds is 17. The molecule has 1 fully saturated rings. The van der Waals surface area contributed by atoms with Gasteiger partial charge in [-0.05, 0) is 50.3 Å². The molecular formula is C35H56N4O5. The first kappa shape index (κ1) is 37.3. The molecule has 3 atom stereocenters. The summed E-state index contributed by atoms with van der Waals surface area (Å²) in [5.41, 5.74) is 0.973. The van der Waals surface area contributed by atoms with Gasteiger partial charge >= 0.3 is 0 Å². The van der Waals surface area contributed by atoms with E-state index in [1.54, 1.807) is 16.8 Å². The fourth-order valence-electron chi connectivity index (χ4n) is 5.63. The number of hydrogen-bond acceptors (Lipinski definition) is 6. The molecule has 1 aromatic rings. The van der Waals surface area contributed by atoms with E-state index in [0.717, 1.165) is 37.8 Å². The Morgan fingerprint density at radius 3 is 2.23 bits per heavy atom. The summed E-state index contributed by atoms with van der Waals surface area (Å²) in [6.45, 7) is 6.04. The monoisotopic (exact) mass is 612 g/mol. The molecule has 44 heavy (non-hydrogen) atoms. The van der Waals surface area contributed by atoms with Crippen LogP contribution in [-0.2, 0) is 20.9 Å². The summed E-state index contributed by atoms with van der Waals surface area (Å²) >= 11 is 0. The third-order valence-corrected chi connectivity index (χ3v) is 8.29. The second kappa shape index (κ2) is 20.2. The predicted molar refractivity (Wildman–Crippen MR) is 174 cm³/mol. The molecule has 3 N–H and O–H groups in total. The SMILES string of the molecule is CC(C)C[C@H](O)[C@H](O)[C@@H](CC1CCCCC1)NC(=O)C#CCCN(Cc1ccccc1)C(=O)CCC(=O)N(C)CCN(C)C. The van der Waals surface area contributed by atoms with Crippen molar-refractivity contribution in [2.75, 3.05) is 40.8 Å². The quantitative estimate of drug-likeness (QED) is 0.233. The molecular weight excluding hydrogens is 556 g/mol. The van der Waals surface area contributed by atoms with Crippen LogP contribution in [-0.4, -0.2) is 102 Å². The number of hydrogen-bond donors (Lipinski definition) is 3. The third-order valence-electron chi connectivity index (χ3n) is 8.29. The molecule has 1 aliphatic rings. The maximum atomic E-state index is 13.2. The number of likely N-dealkylation sites (N-methyl/N-ethyl adjacent to an activating group) is 2. The molecule has 0 spiro atoms. The van der Waals surface area contributed by atoms with E-state index in [2.05, 4.69) is 17.2 Å². The lowest BCUT2D eigenvalue weighted by molar-refractivity contribution is -0.136. The third kappa shape index (κ3) is 14.7. The second-order valence-electron chi connectivity index (χ2n) is 13.0. The van der Waals surface area contributed by atoms with E-state index in [4.69, 9.17) is 0 Å². The second-order valence-corrected chi connectivity index (χ2v) is 13.0. The van der Waals surface area contributed by atoms with Gasteiger partial charge < -0.3 is 30.2 Å². The number of benzene rings is 1. The summed E-state index contributed by atoms with van der Waals surface area (Å²) in [7, 11) is 5.66. The predicted octanol–water partition coefficient (Wildman–Crippen LogP) is 3.43. The smallest absolute Gasteiger partial charge is 0.296 e. The molecule has 0 unspecified atom stereocenters. The lowest BCUT2D eigenvalue weighted by Gasteiger charge is -2.32. The van der Waals surface area contributed by atoms with E-state index in [-0.39, 0.29) is 37.0 Å². The Labute approximate surface area is 265 Å². The van der Waals surface area contributed by atoms with Crippen LogP contribution in [0.4, 0.5) is 0 Å². The van der Waals surface area contributed by atoms with Crippen molar-refractivity contribution in [2.24, 2.45) is 11.8 Å². The minimum atomic E-state index is -1.06. The summed E-state index contributed by atoms with van der Waals surface area (Å²) in [5, 5.41) is 24.4. The minimum absolute atomic E-state index is 0.0696. The molecule has 1 aromatic carbocycles. The largest absolute Gasteiger partial charge is 0.390 e. The Kier molecular flexibility index (Phi) is 17.1. The Morgan fingerprint density at radius 2 is 1.59 bits per heavy atom. The van der Waals surface area contributed by atoms with Gasteiger partial charge in [0.1, 0.15) is 6.10 Å². The van der Waals surface area contributed by atoms with Crippen molar-refractivity contribution in [2.45, 2.75) is 103 Å². The van der Waals surface area contributed by atoms with Crippen LogP contribution in [0.2, 0.25) is 0 Å². The van der Waals surface area contributed by atoms with Crippen molar-refractivity contribution in [1.82, 2.24) is 20.0 Å². The zero-order valence-electron chi connectivity index (χ0n) is 27.6. The first-order chi connectivity index (χ1) is 21.0. The summed E-state index contributed by atoms with van der Waals surface area (Å²) in [5.74, 6) is 5.46. The van der Waals surface area contributed by atoms with Crippen molar-refractivity contribution >= 4 is 17.7 Å². The van der Waals surface area contributed by atoms with E-state index in [1.165, 1.54) is 6.42 Å². The fourth-order valence-corrected chi connectivity index (χ4v) is 5.63. The summed E-state index contributed by atoms with van der Waals surface area (Å²) in [6.07, 6.45) is 5.25. The zero-order valence-corrected chi connectivity index (χ0v) is 27.6. The number of aliphatic hydroxyl groups is 2. The van der Waals surface area contributed by atoms with E-state index in [9.17, 15) is 24.6 Å². The first-order valence-electron chi connectivity index (χ1n) is 16.3. The van der Waals surface area contributed by atoms with Crippen molar-refractivity contribution in [1.29, 1.82) is 0 Å². The highest BCUT2D eigenvalue weighted by atomic mass is 16.3. The Balaban J connectivity index is 2.00. The molecule has 0 bridgehead atoms.